The van der Waals surface area contributed by atoms with Crippen LogP contribution in [0.25, 0.3) is 0 Å². The van der Waals surface area contributed by atoms with Crippen LogP contribution in [0.5, 0.6) is 0 Å². The van der Waals surface area contributed by atoms with E-state index in [4.69, 9.17) is 9.47 Å². The Morgan fingerprint density at radius 2 is 2.15 bits per heavy atom. The summed E-state index contributed by atoms with van der Waals surface area (Å²) >= 11 is 0. The van der Waals surface area contributed by atoms with Crippen molar-refractivity contribution in [2.45, 2.75) is 12.8 Å². The van der Waals surface area contributed by atoms with Gasteiger partial charge in [-0.3, -0.25) is 4.79 Å². The van der Waals surface area contributed by atoms with E-state index >= 15 is 0 Å². The molecule has 0 spiro atoms. The van der Waals surface area contributed by atoms with Gasteiger partial charge in [0.25, 0.3) is 0 Å². The first-order valence-corrected chi connectivity index (χ1v) is 6.53. The Labute approximate surface area is 117 Å². The summed E-state index contributed by atoms with van der Waals surface area (Å²) in [4.78, 5) is 29.4. The largest absolute Gasteiger partial charge is 0.469 e. The molecular formula is C14H18N2O4. The predicted molar refractivity (Wildman–Crippen MR) is 72.5 cm³/mol. The van der Waals surface area contributed by atoms with Gasteiger partial charge in [0.1, 0.15) is 5.82 Å². The molecule has 1 saturated heterocycles. The molecule has 1 aromatic rings. The quantitative estimate of drug-likeness (QED) is 0.775. The Morgan fingerprint density at radius 3 is 2.85 bits per heavy atom. The van der Waals surface area contributed by atoms with E-state index in [1.165, 1.54) is 14.2 Å². The van der Waals surface area contributed by atoms with Gasteiger partial charge in [0.2, 0.25) is 0 Å². The summed E-state index contributed by atoms with van der Waals surface area (Å²) in [6, 6.07) is 3.29. The zero-order valence-corrected chi connectivity index (χ0v) is 11.7. The van der Waals surface area contributed by atoms with Crippen LogP contribution in [0.15, 0.2) is 18.3 Å². The van der Waals surface area contributed by atoms with E-state index in [0.29, 0.717) is 17.9 Å². The van der Waals surface area contributed by atoms with Crippen molar-refractivity contribution in [1.29, 1.82) is 0 Å². The second-order valence-corrected chi connectivity index (χ2v) is 4.70. The lowest BCUT2D eigenvalue weighted by atomic mass is 9.98. The van der Waals surface area contributed by atoms with Crippen LogP contribution in [0.1, 0.15) is 23.2 Å². The molecule has 6 nitrogen and oxygen atoms in total. The van der Waals surface area contributed by atoms with E-state index in [-0.39, 0.29) is 11.9 Å². The Balaban J connectivity index is 2.14. The number of piperidine rings is 1. The van der Waals surface area contributed by atoms with E-state index < -0.39 is 5.97 Å². The summed E-state index contributed by atoms with van der Waals surface area (Å²) in [7, 11) is 2.74. The van der Waals surface area contributed by atoms with Crippen molar-refractivity contribution in [3.63, 3.8) is 0 Å². The van der Waals surface area contributed by atoms with E-state index in [2.05, 4.69) is 4.98 Å². The van der Waals surface area contributed by atoms with E-state index in [9.17, 15) is 9.59 Å². The average molecular weight is 278 g/mol. The van der Waals surface area contributed by atoms with Crippen LogP contribution in [-0.2, 0) is 14.3 Å². The number of anilines is 1. The van der Waals surface area contributed by atoms with Crippen LogP contribution in [-0.4, -0.2) is 44.2 Å². The molecule has 0 amide bonds. The summed E-state index contributed by atoms with van der Waals surface area (Å²) in [6.07, 6.45) is 3.28. The molecule has 0 aromatic carbocycles. The molecule has 0 saturated carbocycles. The van der Waals surface area contributed by atoms with Gasteiger partial charge in [-0.2, -0.15) is 0 Å². The van der Waals surface area contributed by atoms with Crippen LogP contribution < -0.4 is 4.90 Å². The van der Waals surface area contributed by atoms with Crippen LogP contribution in [0, 0.1) is 5.92 Å². The van der Waals surface area contributed by atoms with Crippen LogP contribution >= 0.6 is 0 Å². The zero-order chi connectivity index (χ0) is 14.5. The number of methoxy groups -OCH3 is 2. The van der Waals surface area contributed by atoms with Gasteiger partial charge in [0, 0.05) is 19.3 Å². The molecule has 0 bridgehead atoms. The fraction of sp³-hybridized carbons (Fsp3) is 0.500. The molecule has 1 fully saturated rings. The van der Waals surface area contributed by atoms with E-state index in [0.717, 1.165) is 19.4 Å². The first kappa shape index (κ1) is 14.3. The maximum Gasteiger partial charge on any atom is 0.338 e. The lowest BCUT2D eigenvalue weighted by Crippen LogP contribution is -2.39. The Hall–Kier alpha value is -2.11. The minimum Gasteiger partial charge on any atom is -0.469 e. The Bertz CT molecular complexity index is 504. The monoisotopic (exact) mass is 278 g/mol. The third kappa shape index (κ3) is 3.07. The van der Waals surface area contributed by atoms with Crippen molar-refractivity contribution in [2.24, 2.45) is 5.92 Å². The molecule has 20 heavy (non-hydrogen) atoms. The van der Waals surface area contributed by atoms with Crippen LogP contribution in [0.2, 0.25) is 0 Å². The summed E-state index contributed by atoms with van der Waals surface area (Å²) in [5.41, 5.74) is 0.456. The fourth-order valence-electron chi connectivity index (χ4n) is 2.38. The normalized spacial score (nSPS) is 18.5. The van der Waals surface area contributed by atoms with Gasteiger partial charge >= 0.3 is 11.9 Å². The van der Waals surface area contributed by atoms with Crippen molar-refractivity contribution >= 4 is 17.8 Å². The van der Waals surface area contributed by atoms with Gasteiger partial charge in [-0.05, 0) is 25.0 Å². The van der Waals surface area contributed by atoms with Crippen molar-refractivity contribution < 1.29 is 19.1 Å². The number of rotatable bonds is 3. The van der Waals surface area contributed by atoms with Gasteiger partial charge in [-0.15, -0.1) is 0 Å². The highest BCUT2D eigenvalue weighted by Gasteiger charge is 2.27. The minimum atomic E-state index is -0.393. The summed E-state index contributed by atoms with van der Waals surface area (Å²) in [5, 5.41) is 0. The number of hydrogen-bond donors (Lipinski definition) is 0. The predicted octanol–water partition coefficient (Wildman–Crippen LogP) is 1.26. The number of carbonyl (C=O) groups excluding carboxylic acids is 2. The molecule has 1 aliphatic rings. The first-order valence-electron chi connectivity index (χ1n) is 6.53. The van der Waals surface area contributed by atoms with Crippen molar-refractivity contribution in [3.8, 4) is 0 Å². The highest BCUT2D eigenvalue weighted by Crippen LogP contribution is 2.23. The lowest BCUT2D eigenvalue weighted by molar-refractivity contribution is -0.145. The maximum atomic E-state index is 11.6. The molecular weight excluding hydrogens is 260 g/mol. The zero-order valence-electron chi connectivity index (χ0n) is 11.7. The third-order valence-corrected chi connectivity index (χ3v) is 3.45. The topological polar surface area (TPSA) is 68.7 Å². The van der Waals surface area contributed by atoms with Crippen molar-refractivity contribution in [3.05, 3.63) is 23.9 Å². The highest BCUT2D eigenvalue weighted by molar-refractivity contribution is 5.90. The van der Waals surface area contributed by atoms with Crippen LogP contribution in [0.3, 0.4) is 0 Å². The summed E-state index contributed by atoms with van der Waals surface area (Å²) in [6.45, 7) is 1.37. The standard InChI is InChI=1S/C14H18N2O4/c1-19-13(17)10-5-6-15-12(8-10)16-7-3-4-11(9-16)14(18)20-2/h5-6,8,11H,3-4,7,9H2,1-2H3. The lowest BCUT2D eigenvalue weighted by Gasteiger charge is -2.32. The minimum absolute atomic E-state index is 0.141. The number of carbonyl (C=O) groups is 2. The average Bonchev–Trinajstić information content (AvgIpc) is 2.53. The van der Waals surface area contributed by atoms with Gasteiger partial charge in [0.05, 0.1) is 25.7 Å². The molecule has 2 heterocycles. The summed E-state index contributed by atoms with van der Waals surface area (Å²) in [5.74, 6) is -0.0483. The number of hydrogen-bond acceptors (Lipinski definition) is 6. The molecule has 1 unspecified atom stereocenters. The SMILES string of the molecule is COC(=O)c1ccnc(N2CCCC(C(=O)OC)C2)c1. The van der Waals surface area contributed by atoms with Gasteiger partial charge in [-0.1, -0.05) is 0 Å². The third-order valence-electron chi connectivity index (χ3n) is 3.45. The Morgan fingerprint density at radius 1 is 1.35 bits per heavy atom. The van der Waals surface area contributed by atoms with Gasteiger partial charge < -0.3 is 14.4 Å². The number of pyridine rings is 1. The number of nitrogens with zero attached hydrogens (tertiary/aromatic N) is 2. The van der Waals surface area contributed by atoms with E-state index in [1.807, 2.05) is 4.90 Å². The number of aromatic nitrogens is 1. The maximum absolute atomic E-state index is 11.6. The fourth-order valence-corrected chi connectivity index (χ4v) is 2.38. The number of ether oxygens (including phenoxy) is 2. The highest BCUT2D eigenvalue weighted by atomic mass is 16.5. The molecule has 1 aromatic heterocycles. The van der Waals surface area contributed by atoms with Crippen LogP contribution in [0.4, 0.5) is 5.82 Å². The molecule has 1 atom stereocenters. The van der Waals surface area contributed by atoms with Gasteiger partial charge in [-0.25, -0.2) is 9.78 Å². The molecule has 0 N–H and O–H groups in total. The Kier molecular flexibility index (Phi) is 4.55. The molecule has 6 heteroatoms. The van der Waals surface area contributed by atoms with E-state index in [1.54, 1.807) is 18.3 Å². The van der Waals surface area contributed by atoms with Crippen molar-refractivity contribution in [1.82, 2.24) is 4.98 Å². The van der Waals surface area contributed by atoms with Crippen molar-refractivity contribution in [2.75, 3.05) is 32.2 Å². The molecule has 2 rings (SSSR count). The first-order chi connectivity index (χ1) is 9.65. The molecule has 108 valence electrons. The molecule has 1 aliphatic heterocycles. The molecule has 0 radical (unpaired) electrons. The summed E-state index contributed by atoms with van der Waals surface area (Å²) < 4.78 is 9.49. The second-order valence-electron chi connectivity index (χ2n) is 4.70. The second kappa shape index (κ2) is 6.36. The van der Waals surface area contributed by atoms with Gasteiger partial charge in [0.15, 0.2) is 0 Å². The smallest absolute Gasteiger partial charge is 0.338 e. The molecule has 0 aliphatic carbocycles. The number of esters is 2.